The van der Waals surface area contributed by atoms with E-state index in [-0.39, 0.29) is 11.8 Å². The fourth-order valence-electron chi connectivity index (χ4n) is 0.590. The third kappa shape index (κ3) is 2.27. The van der Waals surface area contributed by atoms with Crippen LogP contribution in [-0.4, -0.2) is 25.5 Å². The molecule has 0 saturated heterocycles. The summed E-state index contributed by atoms with van der Waals surface area (Å²) in [6.07, 6.45) is 0. The Bertz CT molecular complexity index is 184. The lowest BCUT2D eigenvalue weighted by Gasteiger charge is -2.14. The summed E-state index contributed by atoms with van der Waals surface area (Å²) in [6, 6.07) is -0.273. The van der Waals surface area contributed by atoms with E-state index in [1.54, 1.807) is 20.8 Å². The lowest BCUT2D eigenvalue weighted by Crippen LogP contribution is -2.36. The highest BCUT2D eigenvalue weighted by atomic mass is 32.2. The summed E-state index contributed by atoms with van der Waals surface area (Å²) in [6.45, 7) is 4.98. The van der Waals surface area contributed by atoms with Crippen molar-refractivity contribution in [1.82, 2.24) is 0 Å². The SMILES string of the molecule is CCS(=O)(=O)C(C)C(C)N. The zero-order valence-corrected chi connectivity index (χ0v) is 7.48. The van der Waals surface area contributed by atoms with Crippen LogP contribution in [0.5, 0.6) is 0 Å². The second-order valence-electron chi connectivity index (χ2n) is 2.52. The largest absolute Gasteiger partial charge is 0.327 e. The van der Waals surface area contributed by atoms with Crippen molar-refractivity contribution < 1.29 is 8.42 Å². The van der Waals surface area contributed by atoms with Gasteiger partial charge < -0.3 is 5.73 Å². The molecule has 0 radical (unpaired) electrons. The molecule has 0 fully saturated rings. The molecule has 0 saturated carbocycles. The van der Waals surface area contributed by atoms with Crippen LogP contribution >= 0.6 is 0 Å². The molecule has 0 spiro atoms. The Morgan fingerprint density at radius 1 is 1.40 bits per heavy atom. The first-order valence-corrected chi connectivity index (χ1v) is 5.10. The monoisotopic (exact) mass is 165 g/mol. The second kappa shape index (κ2) is 3.34. The molecule has 0 aliphatic rings. The highest BCUT2D eigenvalue weighted by Gasteiger charge is 2.21. The maximum atomic E-state index is 11.1. The molecule has 3 nitrogen and oxygen atoms in total. The fraction of sp³-hybridized carbons (Fsp3) is 1.00. The van der Waals surface area contributed by atoms with E-state index in [2.05, 4.69) is 0 Å². The van der Waals surface area contributed by atoms with E-state index in [1.807, 2.05) is 0 Å². The van der Waals surface area contributed by atoms with Gasteiger partial charge in [-0.2, -0.15) is 0 Å². The Kier molecular flexibility index (Phi) is 3.31. The Hall–Kier alpha value is -0.0900. The standard InChI is InChI=1S/C6H15NO2S/c1-4-10(8,9)6(3)5(2)7/h5-6H,4,7H2,1-3H3. The zero-order valence-electron chi connectivity index (χ0n) is 6.66. The first-order valence-electron chi connectivity index (χ1n) is 3.39. The van der Waals surface area contributed by atoms with Crippen molar-refractivity contribution in [1.29, 1.82) is 0 Å². The van der Waals surface area contributed by atoms with Crippen LogP contribution in [0.15, 0.2) is 0 Å². The van der Waals surface area contributed by atoms with Crippen LogP contribution in [0.4, 0.5) is 0 Å². The third-order valence-corrected chi connectivity index (χ3v) is 4.08. The van der Waals surface area contributed by atoms with E-state index in [0.29, 0.717) is 0 Å². The number of hydrogen-bond acceptors (Lipinski definition) is 3. The summed E-state index contributed by atoms with van der Waals surface area (Å²) in [5, 5.41) is -0.419. The smallest absolute Gasteiger partial charge is 0.154 e. The first-order chi connectivity index (χ1) is 4.41. The van der Waals surface area contributed by atoms with E-state index in [9.17, 15) is 8.42 Å². The summed E-state index contributed by atoms with van der Waals surface area (Å²) in [5.41, 5.74) is 5.42. The van der Waals surface area contributed by atoms with Gasteiger partial charge >= 0.3 is 0 Å². The Labute approximate surface area is 62.5 Å². The van der Waals surface area contributed by atoms with E-state index in [1.165, 1.54) is 0 Å². The van der Waals surface area contributed by atoms with Gasteiger partial charge in [-0.15, -0.1) is 0 Å². The second-order valence-corrected chi connectivity index (χ2v) is 5.16. The molecule has 0 aromatic rings. The molecule has 0 aromatic heterocycles. The van der Waals surface area contributed by atoms with Gasteiger partial charge in [0, 0.05) is 11.8 Å². The van der Waals surface area contributed by atoms with Crippen molar-refractivity contribution in [3.8, 4) is 0 Å². The summed E-state index contributed by atoms with van der Waals surface area (Å²) in [5.74, 6) is 0.176. The van der Waals surface area contributed by atoms with Gasteiger partial charge in [0.15, 0.2) is 9.84 Å². The van der Waals surface area contributed by atoms with E-state index in [0.717, 1.165) is 0 Å². The minimum absolute atomic E-state index is 0.176. The average Bonchev–Trinajstić information content (AvgIpc) is 1.86. The van der Waals surface area contributed by atoms with Gasteiger partial charge in [-0.3, -0.25) is 0 Å². The molecular formula is C6H15NO2S. The minimum atomic E-state index is -2.92. The van der Waals surface area contributed by atoms with Crippen molar-refractivity contribution in [2.24, 2.45) is 5.73 Å². The van der Waals surface area contributed by atoms with Crippen LogP contribution in [0.3, 0.4) is 0 Å². The van der Waals surface area contributed by atoms with Crippen molar-refractivity contribution in [2.45, 2.75) is 32.1 Å². The van der Waals surface area contributed by atoms with Gasteiger partial charge in [0.1, 0.15) is 0 Å². The molecule has 10 heavy (non-hydrogen) atoms. The van der Waals surface area contributed by atoms with E-state index in [4.69, 9.17) is 5.73 Å². The predicted molar refractivity (Wildman–Crippen MR) is 42.6 cm³/mol. The number of nitrogens with two attached hydrogens (primary N) is 1. The molecule has 0 heterocycles. The van der Waals surface area contributed by atoms with Crippen LogP contribution < -0.4 is 5.73 Å². The van der Waals surface area contributed by atoms with Gasteiger partial charge in [0.2, 0.25) is 0 Å². The molecule has 0 bridgehead atoms. The highest BCUT2D eigenvalue weighted by molar-refractivity contribution is 7.92. The minimum Gasteiger partial charge on any atom is -0.327 e. The first kappa shape index (κ1) is 9.91. The topological polar surface area (TPSA) is 60.2 Å². The summed E-state index contributed by atoms with van der Waals surface area (Å²) >= 11 is 0. The summed E-state index contributed by atoms with van der Waals surface area (Å²) < 4.78 is 22.1. The maximum Gasteiger partial charge on any atom is 0.154 e. The number of sulfone groups is 1. The van der Waals surface area contributed by atoms with Crippen LogP contribution in [0, 0.1) is 0 Å². The molecule has 0 aromatic carbocycles. The van der Waals surface area contributed by atoms with E-state index >= 15 is 0 Å². The fourth-order valence-corrected chi connectivity index (χ4v) is 1.77. The van der Waals surface area contributed by atoms with Crippen LogP contribution in [0.25, 0.3) is 0 Å². The molecule has 2 N–H and O–H groups in total. The molecule has 0 rings (SSSR count). The maximum absolute atomic E-state index is 11.1. The lowest BCUT2D eigenvalue weighted by molar-refractivity contribution is 0.569. The third-order valence-electron chi connectivity index (χ3n) is 1.71. The predicted octanol–water partition coefficient (Wildman–Crippen LogP) is 0.157. The van der Waals surface area contributed by atoms with Crippen molar-refractivity contribution in [2.75, 3.05) is 5.75 Å². The molecular weight excluding hydrogens is 150 g/mol. The van der Waals surface area contributed by atoms with Gasteiger partial charge in [-0.25, -0.2) is 8.42 Å². The van der Waals surface area contributed by atoms with Crippen LogP contribution in [0.2, 0.25) is 0 Å². The molecule has 2 unspecified atom stereocenters. The normalized spacial score (nSPS) is 18.4. The average molecular weight is 165 g/mol. The van der Waals surface area contributed by atoms with Gasteiger partial charge in [-0.05, 0) is 13.8 Å². The Balaban J connectivity index is 4.35. The number of hydrogen-bond donors (Lipinski definition) is 1. The molecule has 0 amide bonds. The van der Waals surface area contributed by atoms with Crippen molar-refractivity contribution in [3.63, 3.8) is 0 Å². The molecule has 62 valence electrons. The Morgan fingerprint density at radius 2 is 1.80 bits per heavy atom. The summed E-state index contributed by atoms with van der Waals surface area (Å²) in [7, 11) is -2.92. The molecule has 4 heteroatoms. The number of rotatable bonds is 3. The zero-order chi connectivity index (χ0) is 8.36. The summed E-state index contributed by atoms with van der Waals surface area (Å²) in [4.78, 5) is 0. The molecule has 0 aliphatic heterocycles. The van der Waals surface area contributed by atoms with Gasteiger partial charge in [-0.1, -0.05) is 6.92 Å². The van der Waals surface area contributed by atoms with Gasteiger partial charge in [0.05, 0.1) is 5.25 Å². The molecule has 0 aliphatic carbocycles. The Morgan fingerprint density at radius 3 is 1.90 bits per heavy atom. The van der Waals surface area contributed by atoms with Crippen LogP contribution in [0.1, 0.15) is 20.8 Å². The highest BCUT2D eigenvalue weighted by Crippen LogP contribution is 2.03. The molecule has 2 atom stereocenters. The van der Waals surface area contributed by atoms with Gasteiger partial charge in [0.25, 0.3) is 0 Å². The van der Waals surface area contributed by atoms with Crippen LogP contribution in [-0.2, 0) is 9.84 Å². The van der Waals surface area contributed by atoms with Crippen molar-refractivity contribution in [3.05, 3.63) is 0 Å². The van der Waals surface area contributed by atoms with E-state index < -0.39 is 15.1 Å². The van der Waals surface area contributed by atoms with Crippen molar-refractivity contribution >= 4 is 9.84 Å². The quantitative estimate of drug-likeness (QED) is 0.648. The lowest BCUT2D eigenvalue weighted by atomic mass is 10.3.